The van der Waals surface area contributed by atoms with E-state index in [-0.39, 0.29) is 9.92 Å². The first kappa shape index (κ1) is 15.1. The SMILES string of the molecule is Cc1nc2ccc(NS(=O)(=O)c3cc(Cl)ccc3Cl)cc2[nH]1. The number of anilines is 1. The number of imidazole rings is 1. The smallest absolute Gasteiger partial charge is 0.263 e. The number of aryl methyl sites for hydroxylation is 1. The van der Waals surface area contributed by atoms with Gasteiger partial charge in [-0.1, -0.05) is 23.2 Å². The molecule has 114 valence electrons. The van der Waals surface area contributed by atoms with Crippen LogP contribution in [-0.2, 0) is 10.0 Å². The lowest BCUT2D eigenvalue weighted by Gasteiger charge is -2.09. The predicted molar refractivity (Wildman–Crippen MR) is 88.1 cm³/mol. The highest BCUT2D eigenvalue weighted by Crippen LogP contribution is 2.27. The van der Waals surface area contributed by atoms with Gasteiger partial charge in [-0.3, -0.25) is 4.72 Å². The zero-order valence-corrected chi connectivity index (χ0v) is 13.7. The van der Waals surface area contributed by atoms with Crippen molar-refractivity contribution in [2.45, 2.75) is 11.8 Å². The second kappa shape index (κ2) is 5.46. The molecule has 0 atom stereocenters. The third-order valence-electron chi connectivity index (χ3n) is 3.04. The van der Waals surface area contributed by atoms with Gasteiger partial charge in [0.05, 0.1) is 21.7 Å². The van der Waals surface area contributed by atoms with E-state index in [2.05, 4.69) is 14.7 Å². The average molecular weight is 356 g/mol. The predicted octanol–water partition coefficient (Wildman–Crippen LogP) is 3.98. The van der Waals surface area contributed by atoms with Gasteiger partial charge in [-0.2, -0.15) is 0 Å². The topological polar surface area (TPSA) is 74.8 Å². The highest BCUT2D eigenvalue weighted by molar-refractivity contribution is 7.92. The first-order chi connectivity index (χ1) is 10.3. The number of rotatable bonds is 3. The summed E-state index contributed by atoms with van der Waals surface area (Å²) in [5.74, 6) is 0.757. The van der Waals surface area contributed by atoms with Crippen LogP contribution in [0.2, 0.25) is 10.0 Å². The van der Waals surface area contributed by atoms with Crippen LogP contribution in [0.15, 0.2) is 41.3 Å². The molecule has 0 aliphatic heterocycles. The Morgan fingerprint density at radius 1 is 1.14 bits per heavy atom. The van der Waals surface area contributed by atoms with E-state index in [9.17, 15) is 8.42 Å². The molecular weight excluding hydrogens is 345 g/mol. The molecule has 0 saturated heterocycles. The van der Waals surface area contributed by atoms with Gasteiger partial charge < -0.3 is 4.98 Å². The zero-order chi connectivity index (χ0) is 15.9. The minimum atomic E-state index is -3.83. The molecule has 1 aromatic heterocycles. The van der Waals surface area contributed by atoms with E-state index in [1.165, 1.54) is 18.2 Å². The molecule has 0 bridgehead atoms. The number of aromatic nitrogens is 2. The van der Waals surface area contributed by atoms with Gasteiger partial charge in [-0.05, 0) is 43.3 Å². The Morgan fingerprint density at radius 3 is 2.68 bits per heavy atom. The average Bonchev–Trinajstić information content (AvgIpc) is 2.80. The monoisotopic (exact) mass is 355 g/mol. The number of hydrogen-bond donors (Lipinski definition) is 2. The van der Waals surface area contributed by atoms with Gasteiger partial charge in [0, 0.05) is 5.02 Å². The Labute approximate surface area is 137 Å². The quantitative estimate of drug-likeness (QED) is 0.745. The summed E-state index contributed by atoms with van der Waals surface area (Å²) in [5, 5.41) is 0.403. The molecule has 0 unspecified atom stereocenters. The van der Waals surface area contributed by atoms with Crippen LogP contribution in [0, 0.1) is 6.92 Å². The van der Waals surface area contributed by atoms with Crippen LogP contribution in [0.1, 0.15) is 5.82 Å². The zero-order valence-electron chi connectivity index (χ0n) is 11.4. The van der Waals surface area contributed by atoms with E-state index in [1.807, 2.05) is 6.92 Å². The lowest BCUT2D eigenvalue weighted by molar-refractivity contribution is 0.601. The summed E-state index contributed by atoms with van der Waals surface area (Å²) in [5.41, 5.74) is 1.92. The van der Waals surface area contributed by atoms with Crippen LogP contribution in [0.25, 0.3) is 11.0 Å². The molecule has 0 spiro atoms. The first-order valence-corrected chi connectivity index (χ1v) is 8.53. The van der Waals surface area contributed by atoms with Crippen LogP contribution in [-0.4, -0.2) is 18.4 Å². The number of fused-ring (bicyclic) bond motifs is 1. The van der Waals surface area contributed by atoms with Crippen molar-refractivity contribution in [3.8, 4) is 0 Å². The summed E-state index contributed by atoms with van der Waals surface area (Å²) < 4.78 is 27.4. The highest BCUT2D eigenvalue weighted by atomic mass is 35.5. The van der Waals surface area contributed by atoms with Gasteiger partial charge in [0.15, 0.2) is 0 Å². The van der Waals surface area contributed by atoms with Crippen molar-refractivity contribution in [1.82, 2.24) is 9.97 Å². The second-order valence-electron chi connectivity index (χ2n) is 4.73. The van der Waals surface area contributed by atoms with E-state index in [4.69, 9.17) is 23.2 Å². The van der Waals surface area contributed by atoms with Gasteiger partial charge in [-0.25, -0.2) is 13.4 Å². The Kier molecular flexibility index (Phi) is 3.76. The van der Waals surface area contributed by atoms with Gasteiger partial charge in [0.2, 0.25) is 0 Å². The molecule has 2 aromatic carbocycles. The molecule has 0 saturated carbocycles. The maximum absolute atomic E-state index is 12.4. The second-order valence-corrected chi connectivity index (χ2v) is 7.23. The van der Waals surface area contributed by atoms with Crippen LogP contribution >= 0.6 is 23.2 Å². The van der Waals surface area contributed by atoms with Gasteiger partial charge in [-0.15, -0.1) is 0 Å². The van der Waals surface area contributed by atoms with Crippen molar-refractivity contribution in [3.63, 3.8) is 0 Å². The molecular formula is C14H11Cl2N3O2S. The Morgan fingerprint density at radius 2 is 1.91 bits per heavy atom. The van der Waals surface area contributed by atoms with E-state index in [0.29, 0.717) is 10.7 Å². The fourth-order valence-electron chi connectivity index (χ4n) is 2.09. The van der Waals surface area contributed by atoms with Crippen molar-refractivity contribution < 1.29 is 8.42 Å². The van der Waals surface area contributed by atoms with Gasteiger partial charge in [0.25, 0.3) is 10.0 Å². The lowest BCUT2D eigenvalue weighted by atomic mass is 10.3. The van der Waals surface area contributed by atoms with Crippen LogP contribution in [0.4, 0.5) is 5.69 Å². The number of H-pyrrole nitrogens is 1. The molecule has 5 nitrogen and oxygen atoms in total. The lowest BCUT2D eigenvalue weighted by Crippen LogP contribution is -2.13. The number of halogens is 2. The molecule has 1 heterocycles. The molecule has 3 aromatic rings. The third kappa shape index (κ3) is 2.90. The van der Waals surface area contributed by atoms with Crippen molar-refractivity contribution in [2.24, 2.45) is 0 Å². The van der Waals surface area contributed by atoms with E-state index < -0.39 is 10.0 Å². The molecule has 8 heteroatoms. The fourth-order valence-corrected chi connectivity index (χ4v) is 3.91. The normalized spacial score (nSPS) is 11.8. The molecule has 0 radical (unpaired) electrons. The molecule has 3 rings (SSSR count). The van der Waals surface area contributed by atoms with E-state index >= 15 is 0 Å². The molecule has 0 aliphatic rings. The summed E-state index contributed by atoms with van der Waals surface area (Å²) in [6.45, 7) is 1.83. The number of benzene rings is 2. The van der Waals surface area contributed by atoms with Crippen LogP contribution < -0.4 is 4.72 Å². The van der Waals surface area contributed by atoms with E-state index in [1.54, 1.807) is 18.2 Å². The van der Waals surface area contributed by atoms with Crippen molar-refractivity contribution in [3.05, 3.63) is 52.3 Å². The number of nitrogens with zero attached hydrogens (tertiary/aromatic N) is 1. The Hall–Kier alpha value is -1.76. The maximum atomic E-state index is 12.4. The highest BCUT2D eigenvalue weighted by Gasteiger charge is 2.19. The van der Waals surface area contributed by atoms with E-state index in [0.717, 1.165) is 16.9 Å². The summed E-state index contributed by atoms with van der Waals surface area (Å²) in [7, 11) is -3.83. The summed E-state index contributed by atoms with van der Waals surface area (Å²) in [6.07, 6.45) is 0. The van der Waals surface area contributed by atoms with Crippen molar-refractivity contribution in [2.75, 3.05) is 4.72 Å². The summed E-state index contributed by atoms with van der Waals surface area (Å²) in [6, 6.07) is 9.33. The Bertz CT molecular complexity index is 967. The molecule has 22 heavy (non-hydrogen) atoms. The first-order valence-electron chi connectivity index (χ1n) is 6.29. The number of nitrogens with one attached hydrogen (secondary N) is 2. The third-order valence-corrected chi connectivity index (χ3v) is 5.13. The maximum Gasteiger partial charge on any atom is 0.263 e. The minimum absolute atomic E-state index is 0.0671. The van der Waals surface area contributed by atoms with Crippen LogP contribution in [0.5, 0.6) is 0 Å². The summed E-state index contributed by atoms with van der Waals surface area (Å²) in [4.78, 5) is 7.25. The largest absolute Gasteiger partial charge is 0.342 e. The number of sulfonamides is 1. The molecule has 0 fully saturated rings. The molecule has 0 amide bonds. The number of hydrogen-bond acceptors (Lipinski definition) is 3. The van der Waals surface area contributed by atoms with Gasteiger partial charge >= 0.3 is 0 Å². The molecule has 0 aliphatic carbocycles. The van der Waals surface area contributed by atoms with Crippen LogP contribution in [0.3, 0.4) is 0 Å². The Balaban J connectivity index is 2.00. The molecule has 2 N–H and O–H groups in total. The van der Waals surface area contributed by atoms with Crippen molar-refractivity contribution in [1.29, 1.82) is 0 Å². The van der Waals surface area contributed by atoms with Crippen molar-refractivity contribution >= 4 is 49.9 Å². The van der Waals surface area contributed by atoms with Gasteiger partial charge in [0.1, 0.15) is 10.7 Å². The summed E-state index contributed by atoms with van der Waals surface area (Å²) >= 11 is 11.8. The fraction of sp³-hybridized carbons (Fsp3) is 0.0714. The number of aromatic amines is 1. The standard InChI is InChI=1S/C14H11Cl2N3O2S/c1-8-17-12-5-3-10(7-13(12)18-8)19-22(20,21)14-6-9(15)2-4-11(14)16/h2-7,19H,1H3,(H,17,18). The minimum Gasteiger partial charge on any atom is -0.342 e.